The van der Waals surface area contributed by atoms with Crippen LogP contribution < -0.4 is 5.32 Å². The Balaban J connectivity index is 1.68. The summed E-state index contributed by atoms with van der Waals surface area (Å²) in [5.74, 6) is 2.11. The average Bonchev–Trinajstić information content (AvgIpc) is 2.97. The number of furan rings is 1. The highest BCUT2D eigenvalue weighted by atomic mass is 16.3. The number of nitriles is 1. The number of nitrogens with one attached hydrogen (secondary N) is 1. The topological polar surface area (TPSA) is 49.0 Å². The van der Waals surface area contributed by atoms with Crippen molar-refractivity contribution in [1.82, 2.24) is 5.32 Å². The summed E-state index contributed by atoms with van der Waals surface area (Å²) < 4.78 is 5.43. The van der Waals surface area contributed by atoms with Gasteiger partial charge >= 0.3 is 0 Å². The third kappa shape index (κ3) is 1.74. The lowest BCUT2D eigenvalue weighted by molar-refractivity contribution is 0.119. The SMILES string of the molecule is CC1(C)C2CCC1(C)C(NCc1ccc(C#N)o1)C2. The molecule has 3 rings (SSSR count). The van der Waals surface area contributed by atoms with Gasteiger partial charge in [0.1, 0.15) is 11.8 Å². The van der Waals surface area contributed by atoms with Gasteiger partial charge in [0.05, 0.1) is 6.54 Å². The maximum absolute atomic E-state index is 8.76. The van der Waals surface area contributed by atoms with Crippen molar-refractivity contribution >= 4 is 0 Å². The molecule has 0 aliphatic heterocycles. The van der Waals surface area contributed by atoms with Crippen LogP contribution in [-0.4, -0.2) is 6.04 Å². The van der Waals surface area contributed by atoms with Crippen molar-refractivity contribution in [3.05, 3.63) is 23.7 Å². The summed E-state index contributed by atoms with van der Waals surface area (Å²) in [6.07, 6.45) is 3.97. The van der Waals surface area contributed by atoms with Crippen molar-refractivity contribution in [2.75, 3.05) is 0 Å². The lowest BCUT2D eigenvalue weighted by Gasteiger charge is -2.39. The molecule has 3 unspecified atom stereocenters. The van der Waals surface area contributed by atoms with Crippen LogP contribution in [0.2, 0.25) is 0 Å². The molecule has 0 radical (unpaired) electrons. The molecular weight excluding hydrogens is 236 g/mol. The van der Waals surface area contributed by atoms with Gasteiger partial charge in [-0.15, -0.1) is 0 Å². The van der Waals surface area contributed by atoms with E-state index in [9.17, 15) is 0 Å². The monoisotopic (exact) mass is 258 g/mol. The third-order valence-corrected chi connectivity index (χ3v) is 6.09. The summed E-state index contributed by atoms with van der Waals surface area (Å²) in [5, 5.41) is 12.4. The van der Waals surface area contributed by atoms with E-state index in [1.165, 1.54) is 19.3 Å². The van der Waals surface area contributed by atoms with Gasteiger partial charge in [-0.05, 0) is 48.1 Å². The second-order valence-electron chi connectivity index (χ2n) is 6.92. The smallest absolute Gasteiger partial charge is 0.203 e. The zero-order valence-electron chi connectivity index (χ0n) is 12.0. The Kier molecular flexibility index (Phi) is 2.76. The fourth-order valence-electron chi connectivity index (χ4n) is 4.27. The number of nitrogens with zero attached hydrogens (tertiary/aromatic N) is 1. The fraction of sp³-hybridized carbons (Fsp3) is 0.688. The Labute approximate surface area is 115 Å². The lowest BCUT2D eigenvalue weighted by atomic mass is 9.69. The first-order valence-corrected chi connectivity index (χ1v) is 7.19. The summed E-state index contributed by atoms with van der Waals surface area (Å²) in [6.45, 7) is 8.01. The van der Waals surface area contributed by atoms with Crippen molar-refractivity contribution < 1.29 is 4.42 Å². The van der Waals surface area contributed by atoms with E-state index in [2.05, 4.69) is 26.1 Å². The second-order valence-corrected chi connectivity index (χ2v) is 6.92. The quantitative estimate of drug-likeness (QED) is 0.903. The van der Waals surface area contributed by atoms with Crippen LogP contribution in [0.5, 0.6) is 0 Å². The predicted octanol–water partition coefficient (Wildman–Crippen LogP) is 3.46. The molecule has 1 heterocycles. The molecule has 2 aliphatic rings. The first-order valence-electron chi connectivity index (χ1n) is 7.19. The van der Waals surface area contributed by atoms with Gasteiger partial charge in [0.15, 0.2) is 0 Å². The highest BCUT2D eigenvalue weighted by Crippen LogP contribution is 2.65. The van der Waals surface area contributed by atoms with Crippen LogP contribution in [0, 0.1) is 28.1 Å². The van der Waals surface area contributed by atoms with Crippen molar-refractivity contribution in [3.8, 4) is 6.07 Å². The van der Waals surface area contributed by atoms with E-state index in [-0.39, 0.29) is 0 Å². The summed E-state index contributed by atoms with van der Waals surface area (Å²) in [4.78, 5) is 0. The van der Waals surface area contributed by atoms with Gasteiger partial charge < -0.3 is 9.73 Å². The molecule has 3 heteroatoms. The molecule has 1 aromatic rings. The Morgan fingerprint density at radius 2 is 2.21 bits per heavy atom. The van der Waals surface area contributed by atoms with Gasteiger partial charge in [-0.25, -0.2) is 0 Å². The molecule has 1 aromatic heterocycles. The molecule has 0 spiro atoms. The average molecular weight is 258 g/mol. The number of fused-ring (bicyclic) bond motifs is 2. The molecule has 0 aromatic carbocycles. The summed E-state index contributed by atoms with van der Waals surface area (Å²) in [5.41, 5.74) is 0.827. The van der Waals surface area contributed by atoms with Gasteiger partial charge in [0, 0.05) is 6.04 Å². The summed E-state index contributed by atoms with van der Waals surface area (Å²) in [7, 11) is 0. The van der Waals surface area contributed by atoms with Crippen molar-refractivity contribution in [1.29, 1.82) is 5.26 Å². The zero-order valence-corrected chi connectivity index (χ0v) is 12.0. The first-order chi connectivity index (χ1) is 8.97. The maximum atomic E-state index is 8.76. The molecular formula is C16H22N2O. The normalized spacial score (nSPS) is 35.5. The van der Waals surface area contributed by atoms with Crippen LogP contribution in [0.15, 0.2) is 16.5 Å². The van der Waals surface area contributed by atoms with Crippen molar-refractivity contribution in [3.63, 3.8) is 0 Å². The zero-order chi connectivity index (χ0) is 13.7. The van der Waals surface area contributed by atoms with Gasteiger partial charge in [0.2, 0.25) is 5.76 Å². The van der Waals surface area contributed by atoms with E-state index in [0.717, 1.165) is 18.2 Å². The van der Waals surface area contributed by atoms with Gasteiger partial charge in [-0.3, -0.25) is 0 Å². The molecule has 3 atom stereocenters. The molecule has 2 bridgehead atoms. The Bertz CT molecular complexity index is 525. The van der Waals surface area contributed by atoms with E-state index in [0.29, 0.717) is 22.6 Å². The van der Waals surface area contributed by atoms with E-state index < -0.39 is 0 Å². The summed E-state index contributed by atoms with van der Waals surface area (Å²) >= 11 is 0. The van der Waals surface area contributed by atoms with E-state index in [1.807, 2.05) is 12.1 Å². The molecule has 2 fully saturated rings. The minimum atomic E-state index is 0.391. The van der Waals surface area contributed by atoms with Crippen LogP contribution in [0.4, 0.5) is 0 Å². The van der Waals surface area contributed by atoms with Gasteiger partial charge in [-0.1, -0.05) is 20.8 Å². The second kappa shape index (κ2) is 4.11. The maximum Gasteiger partial charge on any atom is 0.203 e. The minimum Gasteiger partial charge on any atom is -0.449 e. The minimum absolute atomic E-state index is 0.391. The molecule has 3 nitrogen and oxygen atoms in total. The molecule has 0 amide bonds. The molecule has 1 N–H and O–H groups in total. The summed E-state index contributed by atoms with van der Waals surface area (Å²) in [6, 6.07) is 6.23. The first kappa shape index (κ1) is 12.7. The van der Waals surface area contributed by atoms with Crippen LogP contribution in [0.25, 0.3) is 0 Å². The Hall–Kier alpha value is -1.27. The van der Waals surface area contributed by atoms with E-state index >= 15 is 0 Å². The van der Waals surface area contributed by atoms with Crippen LogP contribution in [0.3, 0.4) is 0 Å². The molecule has 0 saturated heterocycles. The largest absolute Gasteiger partial charge is 0.449 e. The lowest BCUT2D eigenvalue weighted by Crippen LogP contribution is -2.44. The van der Waals surface area contributed by atoms with E-state index in [1.54, 1.807) is 6.07 Å². The third-order valence-electron chi connectivity index (χ3n) is 6.09. The van der Waals surface area contributed by atoms with Crippen LogP contribution in [0.1, 0.15) is 51.6 Å². The van der Waals surface area contributed by atoms with Crippen molar-refractivity contribution in [2.45, 2.75) is 52.6 Å². The highest BCUT2D eigenvalue weighted by Gasteiger charge is 2.60. The van der Waals surface area contributed by atoms with Crippen LogP contribution >= 0.6 is 0 Å². The number of rotatable bonds is 3. The Morgan fingerprint density at radius 1 is 1.42 bits per heavy atom. The van der Waals surface area contributed by atoms with Gasteiger partial charge in [0.25, 0.3) is 0 Å². The van der Waals surface area contributed by atoms with Crippen molar-refractivity contribution in [2.24, 2.45) is 16.7 Å². The predicted molar refractivity (Wildman–Crippen MR) is 73.3 cm³/mol. The molecule has 19 heavy (non-hydrogen) atoms. The number of hydrogen-bond acceptors (Lipinski definition) is 3. The molecule has 2 saturated carbocycles. The fourth-order valence-corrected chi connectivity index (χ4v) is 4.27. The van der Waals surface area contributed by atoms with Gasteiger partial charge in [-0.2, -0.15) is 5.26 Å². The molecule has 102 valence electrons. The highest BCUT2D eigenvalue weighted by molar-refractivity contribution is 5.19. The standard InChI is InChI=1S/C16H22N2O/c1-15(2)11-6-7-16(15,3)14(8-11)18-10-13-5-4-12(9-17)19-13/h4-5,11,14,18H,6-8,10H2,1-3H3. The molecule has 2 aliphatic carbocycles. The van der Waals surface area contributed by atoms with Crippen LogP contribution in [-0.2, 0) is 6.54 Å². The number of hydrogen-bond donors (Lipinski definition) is 1. The Morgan fingerprint density at radius 3 is 2.74 bits per heavy atom. The van der Waals surface area contributed by atoms with E-state index in [4.69, 9.17) is 9.68 Å².